The summed E-state index contributed by atoms with van der Waals surface area (Å²) in [7, 11) is 0. The van der Waals surface area contributed by atoms with Gasteiger partial charge < -0.3 is 10.5 Å². The van der Waals surface area contributed by atoms with E-state index in [2.05, 4.69) is 27.5 Å². The van der Waals surface area contributed by atoms with Crippen molar-refractivity contribution in [2.45, 2.75) is 6.36 Å². The number of nitrogens with zero attached hydrogens (tertiary/aromatic N) is 1. The first-order chi connectivity index (χ1) is 8.29. The molecule has 1 aromatic rings. The summed E-state index contributed by atoms with van der Waals surface area (Å²) < 4.78 is 40.2. The average molecular weight is 298 g/mol. The van der Waals surface area contributed by atoms with Crippen LogP contribution in [-0.4, -0.2) is 17.7 Å². The normalized spacial score (nSPS) is 11.6. The van der Waals surface area contributed by atoms with Crippen LogP contribution in [0.2, 0.25) is 5.02 Å². The number of hydrogen-bond donors (Lipinski definition) is 2. The van der Waals surface area contributed by atoms with E-state index < -0.39 is 12.1 Å². The van der Waals surface area contributed by atoms with Gasteiger partial charge in [-0.05, 0) is 24.4 Å². The first-order valence-electron chi connectivity index (χ1n) is 4.42. The Bertz CT molecular complexity index is 479. The largest absolute Gasteiger partial charge is 0.573 e. The molecule has 3 N–H and O–H groups in total. The molecule has 0 amide bonds. The maximum absolute atomic E-state index is 12.1. The van der Waals surface area contributed by atoms with Crippen molar-refractivity contribution in [3.05, 3.63) is 28.8 Å². The van der Waals surface area contributed by atoms with Crippen LogP contribution in [0.5, 0.6) is 5.75 Å². The summed E-state index contributed by atoms with van der Waals surface area (Å²) in [5.41, 5.74) is 7.25. The summed E-state index contributed by atoms with van der Waals surface area (Å²) in [6, 6.07) is 3.83. The number of nitrogens with one attached hydrogen (secondary N) is 1. The maximum Gasteiger partial charge on any atom is 0.573 e. The first-order valence-corrected chi connectivity index (χ1v) is 5.21. The van der Waals surface area contributed by atoms with Gasteiger partial charge in [-0.1, -0.05) is 17.7 Å². The van der Waals surface area contributed by atoms with Gasteiger partial charge in [0, 0.05) is 0 Å². The van der Waals surface area contributed by atoms with Gasteiger partial charge >= 0.3 is 6.36 Å². The molecule has 98 valence electrons. The van der Waals surface area contributed by atoms with Gasteiger partial charge in [0.25, 0.3) is 0 Å². The third-order valence-electron chi connectivity index (χ3n) is 1.61. The number of halogens is 4. The van der Waals surface area contributed by atoms with Crippen molar-refractivity contribution in [3.8, 4) is 5.75 Å². The Morgan fingerprint density at radius 2 is 2.17 bits per heavy atom. The van der Waals surface area contributed by atoms with Gasteiger partial charge in [0.15, 0.2) is 5.11 Å². The lowest BCUT2D eigenvalue weighted by atomic mass is 10.2. The molecule has 0 bridgehead atoms. The molecule has 9 heteroatoms. The highest BCUT2D eigenvalue weighted by atomic mass is 35.5. The molecule has 0 fully saturated rings. The summed E-state index contributed by atoms with van der Waals surface area (Å²) in [4.78, 5) is 0. The van der Waals surface area contributed by atoms with E-state index in [4.69, 9.17) is 17.3 Å². The zero-order chi connectivity index (χ0) is 13.8. The van der Waals surface area contributed by atoms with E-state index in [0.717, 1.165) is 12.3 Å². The number of hydrazone groups is 1. The minimum Gasteiger partial charge on any atom is -0.405 e. The highest BCUT2D eigenvalue weighted by molar-refractivity contribution is 7.80. The lowest BCUT2D eigenvalue weighted by Crippen LogP contribution is -2.24. The molecule has 0 saturated heterocycles. The van der Waals surface area contributed by atoms with Crippen molar-refractivity contribution < 1.29 is 17.9 Å². The number of benzene rings is 1. The third-order valence-corrected chi connectivity index (χ3v) is 2.03. The van der Waals surface area contributed by atoms with Crippen LogP contribution in [0.25, 0.3) is 0 Å². The fourth-order valence-corrected chi connectivity index (χ4v) is 1.28. The van der Waals surface area contributed by atoms with Crippen LogP contribution in [-0.2, 0) is 0 Å². The molecule has 0 radical (unpaired) electrons. The first kappa shape index (κ1) is 14.5. The molecular weight excluding hydrogens is 291 g/mol. The Morgan fingerprint density at radius 3 is 2.72 bits per heavy atom. The second-order valence-electron chi connectivity index (χ2n) is 2.93. The van der Waals surface area contributed by atoms with Crippen LogP contribution in [0.4, 0.5) is 13.2 Å². The van der Waals surface area contributed by atoms with Crippen molar-refractivity contribution in [1.82, 2.24) is 5.43 Å². The van der Waals surface area contributed by atoms with E-state index in [9.17, 15) is 13.2 Å². The van der Waals surface area contributed by atoms with Crippen molar-refractivity contribution in [2.75, 3.05) is 0 Å². The van der Waals surface area contributed by atoms with Crippen LogP contribution < -0.4 is 15.9 Å². The predicted molar refractivity (Wildman–Crippen MR) is 65.7 cm³/mol. The summed E-state index contributed by atoms with van der Waals surface area (Å²) in [6.45, 7) is 0. The van der Waals surface area contributed by atoms with Gasteiger partial charge in [-0.3, -0.25) is 5.43 Å². The number of alkyl halides is 3. The van der Waals surface area contributed by atoms with E-state index in [0.29, 0.717) is 0 Å². The van der Waals surface area contributed by atoms with Crippen LogP contribution in [0.1, 0.15) is 5.56 Å². The second kappa shape index (κ2) is 5.87. The number of rotatable bonds is 3. The molecule has 0 unspecified atom stereocenters. The zero-order valence-corrected chi connectivity index (χ0v) is 10.2. The molecule has 1 aromatic carbocycles. The monoisotopic (exact) mass is 297 g/mol. The molecule has 0 heterocycles. The summed E-state index contributed by atoms with van der Waals surface area (Å²) in [5.74, 6) is -0.469. The van der Waals surface area contributed by atoms with Crippen LogP contribution in [0, 0.1) is 0 Å². The van der Waals surface area contributed by atoms with Gasteiger partial charge in [-0.2, -0.15) is 5.10 Å². The highest BCUT2D eigenvalue weighted by Crippen LogP contribution is 2.29. The topological polar surface area (TPSA) is 59.6 Å². The Labute approximate surface area is 111 Å². The molecule has 1 rings (SSSR count). The highest BCUT2D eigenvalue weighted by Gasteiger charge is 2.32. The minimum atomic E-state index is -4.82. The second-order valence-corrected chi connectivity index (χ2v) is 3.78. The van der Waals surface area contributed by atoms with Crippen molar-refractivity contribution in [1.29, 1.82) is 0 Å². The summed E-state index contributed by atoms with van der Waals surface area (Å²) in [6.07, 6.45) is -3.79. The molecule has 18 heavy (non-hydrogen) atoms. The van der Waals surface area contributed by atoms with E-state index in [-0.39, 0.29) is 15.7 Å². The lowest BCUT2D eigenvalue weighted by molar-refractivity contribution is -0.274. The average Bonchev–Trinajstić information content (AvgIpc) is 2.19. The standard InChI is InChI=1S/C9H7ClF3N3OS/c10-6-2-1-3-7(17-9(11,12)13)5(6)4-15-16-8(14)18/h1-4H,(H3,14,16,18). The molecular formula is C9H7ClF3N3OS. The Morgan fingerprint density at radius 1 is 1.50 bits per heavy atom. The predicted octanol–water partition coefficient (Wildman–Crippen LogP) is 2.41. The van der Waals surface area contributed by atoms with Crippen LogP contribution in [0.15, 0.2) is 23.3 Å². The smallest absolute Gasteiger partial charge is 0.405 e. The molecule has 0 aromatic heterocycles. The zero-order valence-electron chi connectivity index (χ0n) is 8.66. The van der Waals surface area contributed by atoms with E-state index >= 15 is 0 Å². The fourth-order valence-electron chi connectivity index (χ4n) is 1.02. The lowest BCUT2D eigenvalue weighted by Gasteiger charge is -2.11. The molecule has 0 saturated carbocycles. The van der Waals surface area contributed by atoms with Crippen molar-refractivity contribution in [2.24, 2.45) is 10.8 Å². The van der Waals surface area contributed by atoms with Gasteiger partial charge in [-0.15, -0.1) is 13.2 Å². The van der Waals surface area contributed by atoms with Gasteiger partial charge in [0.2, 0.25) is 0 Å². The Balaban J connectivity index is 3.01. The van der Waals surface area contributed by atoms with Gasteiger partial charge in [-0.25, -0.2) is 0 Å². The summed E-state index contributed by atoms with van der Waals surface area (Å²) in [5, 5.41) is 3.44. The molecule has 4 nitrogen and oxygen atoms in total. The molecule has 0 atom stereocenters. The van der Waals surface area contributed by atoms with Crippen LogP contribution in [0.3, 0.4) is 0 Å². The molecule has 0 aliphatic heterocycles. The molecule has 0 aliphatic carbocycles. The van der Waals surface area contributed by atoms with Gasteiger partial charge in [0.05, 0.1) is 16.8 Å². The Hall–Kier alpha value is -1.54. The van der Waals surface area contributed by atoms with Crippen molar-refractivity contribution >= 4 is 35.1 Å². The number of hydrogen-bond acceptors (Lipinski definition) is 3. The summed E-state index contributed by atoms with van der Waals surface area (Å²) >= 11 is 10.2. The van der Waals surface area contributed by atoms with E-state index in [1.807, 2.05) is 0 Å². The number of nitrogens with two attached hydrogens (primary N) is 1. The van der Waals surface area contributed by atoms with Gasteiger partial charge in [0.1, 0.15) is 5.75 Å². The number of thiocarbonyl (C=S) groups is 1. The minimum absolute atomic E-state index is 0.0414. The third kappa shape index (κ3) is 4.76. The van der Waals surface area contributed by atoms with Crippen LogP contribution >= 0.6 is 23.8 Å². The van der Waals surface area contributed by atoms with Crippen molar-refractivity contribution in [3.63, 3.8) is 0 Å². The maximum atomic E-state index is 12.1. The molecule has 0 aliphatic rings. The fraction of sp³-hybridized carbons (Fsp3) is 0.111. The number of ether oxygens (including phenoxy) is 1. The molecule has 0 spiro atoms. The Kier molecular flexibility index (Phi) is 4.74. The van der Waals surface area contributed by atoms with E-state index in [1.54, 1.807) is 0 Å². The van der Waals surface area contributed by atoms with E-state index in [1.165, 1.54) is 12.1 Å². The quantitative estimate of drug-likeness (QED) is 0.511. The SMILES string of the molecule is NC(=S)NN=Cc1c(Cl)cccc1OC(F)(F)F.